The Hall–Kier alpha value is -1.52. The highest BCUT2D eigenvalue weighted by Crippen LogP contribution is 2.09. The van der Waals surface area contributed by atoms with Crippen molar-refractivity contribution in [3.8, 4) is 0 Å². The number of rotatable bonds is 3. The monoisotopic (exact) mass is 212 g/mol. The summed E-state index contributed by atoms with van der Waals surface area (Å²) in [6.45, 7) is 3.43. The molecule has 0 unspecified atom stereocenters. The van der Waals surface area contributed by atoms with Crippen LogP contribution in [0.15, 0.2) is 16.8 Å². The Kier molecular flexibility index (Phi) is 4.66. The minimum atomic E-state index is -0.270. The molecule has 15 heavy (non-hydrogen) atoms. The van der Waals surface area contributed by atoms with Crippen LogP contribution in [-0.2, 0) is 9.57 Å². The summed E-state index contributed by atoms with van der Waals surface area (Å²) in [5.41, 5.74) is 0.969. The molecule has 0 aliphatic carbocycles. The van der Waals surface area contributed by atoms with Gasteiger partial charge in [-0.2, -0.15) is 0 Å². The van der Waals surface area contributed by atoms with Gasteiger partial charge in [0.1, 0.15) is 7.11 Å². The molecule has 0 N–H and O–H groups in total. The van der Waals surface area contributed by atoms with Gasteiger partial charge < -0.3 is 14.5 Å². The van der Waals surface area contributed by atoms with Crippen molar-refractivity contribution in [1.29, 1.82) is 0 Å². The first-order valence-corrected chi connectivity index (χ1v) is 4.95. The van der Waals surface area contributed by atoms with Crippen molar-refractivity contribution in [2.45, 2.75) is 13.3 Å². The van der Waals surface area contributed by atoms with E-state index in [9.17, 15) is 4.79 Å². The molecular weight excluding hydrogens is 196 g/mol. The van der Waals surface area contributed by atoms with Crippen molar-refractivity contribution in [3.05, 3.63) is 11.6 Å². The van der Waals surface area contributed by atoms with Crippen LogP contribution in [0.5, 0.6) is 0 Å². The Balaban J connectivity index is 2.49. The van der Waals surface area contributed by atoms with Crippen LogP contribution in [0.4, 0.5) is 4.79 Å². The van der Waals surface area contributed by atoms with Crippen LogP contribution < -0.4 is 0 Å². The van der Waals surface area contributed by atoms with E-state index in [0.717, 1.165) is 12.0 Å². The van der Waals surface area contributed by atoms with E-state index in [2.05, 4.69) is 9.99 Å². The first-order chi connectivity index (χ1) is 7.27. The zero-order valence-corrected chi connectivity index (χ0v) is 9.10. The molecular formula is C10H16N2O3. The molecule has 0 spiro atoms. The summed E-state index contributed by atoms with van der Waals surface area (Å²) in [6, 6.07) is 0. The van der Waals surface area contributed by atoms with Gasteiger partial charge in [0.15, 0.2) is 0 Å². The first kappa shape index (κ1) is 11.6. The average Bonchev–Trinajstić information content (AvgIpc) is 2.27. The topological polar surface area (TPSA) is 51.1 Å². The third-order valence-electron chi connectivity index (χ3n) is 2.03. The summed E-state index contributed by atoms with van der Waals surface area (Å²) in [7, 11) is 1.49. The molecule has 1 rings (SSSR count). The highest BCUT2D eigenvalue weighted by Gasteiger charge is 2.17. The van der Waals surface area contributed by atoms with Crippen LogP contribution in [-0.4, -0.2) is 44.0 Å². The zero-order chi connectivity index (χ0) is 11.1. The number of oxime groups is 1. The number of carbonyl (C=O) groups is 1. The molecule has 5 heteroatoms. The molecule has 1 amide bonds. The lowest BCUT2D eigenvalue weighted by atomic mass is 10.1. The molecule has 0 bridgehead atoms. The van der Waals surface area contributed by atoms with Gasteiger partial charge in [0.25, 0.3) is 0 Å². The highest BCUT2D eigenvalue weighted by molar-refractivity contribution is 5.80. The van der Waals surface area contributed by atoms with Gasteiger partial charge in [0, 0.05) is 6.54 Å². The third-order valence-corrected chi connectivity index (χ3v) is 2.03. The molecule has 0 radical (unpaired) electrons. The predicted octanol–water partition coefficient (Wildman–Crippen LogP) is 1.41. The molecule has 84 valence electrons. The normalized spacial score (nSPS) is 16.4. The smallest absolute Gasteiger partial charge is 0.410 e. The molecule has 0 saturated carbocycles. The highest BCUT2D eigenvalue weighted by atomic mass is 16.6. The second kappa shape index (κ2) is 6.06. The predicted molar refractivity (Wildman–Crippen MR) is 56.8 cm³/mol. The molecule has 0 saturated heterocycles. The number of hydrogen-bond acceptors (Lipinski definition) is 4. The third kappa shape index (κ3) is 3.61. The van der Waals surface area contributed by atoms with Gasteiger partial charge in [0.2, 0.25) is 0 Å². The Morgan fingerprint density at radius 3 is 3.20 bits per heavy atom. The van der Waals surface area contributed by atoms with Crippen LogP contribution in [0.3, 0.4) is 0 Å². The van der Waals surface area contributed by atoms with E-state index in [-0.39, 0.29) is 6.09 Å². The SMILES string of the molecule is CCOC(=O)N1CCC=C(/C=N/OC)C1. The summed E-state index contributed by atoms with van der Waals surface area (Å²) in [6.07, 6.45) is 4.21. The molecule has 0 aromatic heterocycles. The fourth-order valence-electron chi connectivity index (χ4n) is 1.35. The molecule has 1 aliphatic rings. The molecule has 0 fully saturated rings. The first-order valence-electron chi connectivity index (χ1n) is 4.95. The van der Waals surface area contributed by atoms with Crippen molar-refractivity contribution in [1.82, 2.24) is 4.90 Å². The summed E-state index contributed by atoms with van der Waals surface area (Å²) >= 11 is 0. The van der Waals surface area contributed by atoms with Crippen molar-refractivity contribution in [3.63, 3.8) is 0 Å². The van der Waals surface area contributed by atoms with E-state index in [0.29, 0.717) is 19.7 Å². The second-order valence-corrected chi connectivity index (χ2v) is 3.11. The Morgan fingerprint density at radius 2 is 2.53 bits per heavy atom. The number of ether oxygens (including phenoxy) is 1. The van der Waals surface area contributed by atoms with Gasteiger partial charge in [-0.05, 0) is 18.9 Å². The molecule has 0 aromatic carbocycles. The molecule has 0 aromatic rings. The second-order valence-electron chi connectivity index (χ2n) is 3.11. The molecule has 1 heterocycles. The molecule has 5 nitrogen and oxygen atoms in total. The van der Waals surface area contributed by atoms with Crippen LogP contribution in [0, 0.1) is 0 Å². The number of nitrogens with zero attached hydrogens (tertiary/aromatic N) is 2. The maximum atomic E-state index is 11.4. The lowest BCUT2D eigenvalue weighted by Crippen LogP contribution is -2.36. The summed E-state index contributed by atoms with van der Waals surface area (Å²) in [5, 5.41) is 3.66. The quantitative estimate of drug-likeness (QED) is 0.525. The Bertz CT molecular complexity index is 274. The van der Waals surface area contributed by atoms with Gasteiger partial charge in [-0.1, -0.05) is 11.2 Å². The van der Waals surface area contributed by atoms with Gasteiger partial charge in [-0.15, -0.1) is 0 Å². The summed E-state index contributed by atoms with van der Waals surface area (Å²) < 4.78 is 4.92. The van der Waals surface area contributed by atoms with Gasteiger partial charge in [0.05, 0.1) is 19.4 Å². The van der Waals surface area contributed by atoms with Crippen LogP contribution >= 0.6 is 0 Å². The summed E-state index contributed by atoms with van der Waals surface area (Å²) in [5.74, 6) is 0. The summed E-state index contributed by atoms with van der Waals surface area (Å²) in [4.78, 5) is 17.7. The van der Waals surface area contributed by atoms with Crippen LogP contribution in [0.1, 0.15) is 13.3 Å². The maximum Gasteiger partial charge on any atom is 0.410 e. The van der Waals surface area contributed by atoms with E-state index >= 15 is 0 Å². The van der Waals surface area contributed by atoms with Gasteiger partial charge in [-0.3, -0.25) is 0 Å². The molecule has 1 aliphatic heterocycles. The van der Waals surface area contributed by atoms with Crippen LogP contribution in [0.25, 0.3) is 0 Å². The van der Waals surface area contributed by atoms with Gasteiger partial charge >= 0.3 is 6.09 Å². The van der Waals surface area contributed by atoms with Crippen molar-refractivity contribution in [2.24, 2.45) is 5.16 Å². The number of amides is 1. The van der Waals surface area contributed by atoms with E-state index in [1.165, 1.54) is 7.11 Å². The standard InChI is InChI=1S/C10H16N2O3/c1-3-15-10(13)12-6-4-5-9(8-12)7-11-14-2/h5,7H,3-4,6,8H2,1-2H3/b11-7+. The lowest BCUT2D eigenvalue weighted by molar-refractivity contribution is 0.110. The van der Waals surface area contributed by atoms with E-state index < -0.39 is 0 Å². The largest absolute Gasteiger partial charge is 0.450 e. The Labute approximate surface area is 89.3 Å². The average molecular weight is 212 g/mol. The maximum absolute atomic E-state index is 11.4. The van der Waals surface area contributed by atoms with Crippen molar-refractivity contribution < 1.29 is 14.4 Å². The van der Waals surface area contributed by atoms with E-state index in [1.54, 1.807) is 18.0 Å². The fraction of sp³-hybridized carbons (Fsp3) is 0.600. The Morgan fingerprint density at radius 1 is 1.73 bits per heavy atom. The van der Waals surface area contributed by atoms with E-state index in [1.807, 2.05) is 6.08 Å². The minimum Gasteiger partial charge on any atom is -0.450 e. The number of hydrogen-bond donors (Lipinski definition) is 0. The fourth-order valence-corrected chi connectivity index (χ4v) is 1.35. The zero-order valence-electron chi connectivity index (χ0n) is 9.10. The van der Waals surface area contributed by atoms with Gasteiger partial charge in [-0.25, -0.2) is 4.79 Å². The van der Waals surface area contributed by atoms with E-state index in [4.69, 9.17) is 4.74 Å². The van der Waals surface area contributed by atoms with Crippen molar-refractivity contribution >= 4 is 12.3 Å². The molecule has 0 atom stereocenters. The van der Waals surface area contributed by atoms with Crippen molar-refractivity contribution in [2.75, 3.05) is 26.8 Å². The number of carbonyl (C=O) groups excluding carboxylic acids is 1. The minimum absolute atomic E-state index is 0.270. The van der Waals surface area contributed by atoms with Crippen LogP contribution in [0.2, 0.25) is 0 Å². The lowest BCUT2D eigenvalue weighted by Gasteiger charge is -2.24.